The highest BCUT2D eigenvalue weighted by Crippen LogP contribution is 2.21. The molecule has 0 atom stereocenters. The van der Waals surface area contributed by atoms with Gasteiger partial charge in [0.2, 0.25) is 0 Å². The van der Waals surface area contributed by atoms with Crippen LogP contribution in [-0.2, 0) is 13.1 Å². The van der Waals surface area contributed by atoms with E-state index >= 15 is 0 Å². The topological polar surface area (TPSA) is 59.7 Å². The molecule has 2 N–H and O–H groups in total. The molecule has 0 aliphatic heterocycles. The molecule has 0 saturated heterocycles. The number of nitrogens with zero attached hydrogens (tertiary/aromatic N) is 4. The molecule has 0 spiro atoms. The van der Waals surface area contributed by atoms with Crippen LogP contribution in [0.25, 0.3) is 0 Å². The zero-order chi connectivity index (χ0) is 21.8. The average Bonchev–Trinajstić information content (AvgIpc) is 3.11. The largest absolute Gasteiger partial charge is 0.362 e. The van der Waals surface area contributed by atoms with Crippen LogP contribution in [-0.4, -0.2) is 31.2 Å². The van der Waals surface area contributed by atoms with E-state index in [0.29, 0.717) is 5.11 Å². The van der Waals surface area contributed by atoms with Gasteiger partial charge in [0.25, 0.3) is 0 Å². The predicted octanol–water partition coefficient (Wildman–Crippen LogP) is 4.81. The van der Waals surface area contributed by atoms with Crippen LogP contribution >= 0.6 is 28.1 Å². The van der Waals surface area contributed by atoms with Crippen LogP contribution < -0.4 is 10.6 Å². The zero-order valence-corrected chi connectivity index (χ0v) is 20.6. The van der Waals surface area contributed by atoms with E-state index in [1.54, 1.807) is 0 Å². The molecule has 0 bridgehead atoms. The van der Waals surface area contributed by atoms with Crippen molar-refractivity contribution in [3.05, 3.63) is 62.6 Å². The molecule has 2 heterocycles. The average molecular weight is 489 g/mol. The van der Waals surface area contributed by atoms with Gasteiger partial charge in [0.15, 0.2) is 5.11 Å². The number of hydrogen-bond donors (Lipinski definition) is 2. The van der Waals surface area contributed by atoms with Crippen LogP contribution in [0.2, 0.25) is 0 Å². The van der Waals surface area contributed by atoms with Gasteiger partial charge in [0.1, 0.15) is 0 Å². The van der Waals surface area contributed by atoms with Gasteiger partial charge in [-0.1, -0.05) is 29.8 Å². The first-order chi connectivity index (χ1) is 14.3. The summed E-state index contributed by atoms with van der Waals surface area (Å²) in [5, 5.41) is 16.5. The van der Waals surface area contributed by atoms with Crippen molar-refractivity contribution in [3.8, 4) is 0 Å². The third kappa shape index (κ3) is 5.29. The maximum atomic E-state index is 5.50. The Hall–Kier alpha value is -2.19. The first kappa shape index (κ1) is 22.5. The van der Waals surface area contributed by atoms with Crippen LogP contribution in [0.5, 0.6) is 0 Å². The Morgan fingerprint density at radius 1 is 0.967 bits per heavy atom. The van der Waals surface area contributed by atoms with E-state index in [9.17, 15) is 0 Å². The zero-order valence-electron chi connectivity index (χ0n) is 18.2. The molecule has 30 heavy (non-hydrogen) atoms. The molecule has 0 radical (unpaired) electrons. The van der Waals surface area contributed by atoms with Crippen LogP contribution in [0.3, 0.4) is 0 Å². The molecule has 6 nitrogen and oxygen atoms in total. The molecule has 0 saturated carbocycles. The van der Waals surface area contributed by atoms with E-state index < -0.39 is 0 Å². The molecule has 8 heteroatoms. The minimum Gasteiger partial charge on any atom is -0.362 e. The fourth-order valence-electron chi connectivity index (χ4n) is 3.38. The van der Waals surface area contributed by atoms with Crippen LogP contribution in [0.1, 0.15) is 40.3 Å². The number of thiocarbonyl (C=S) groups is 1. The van der Waals surface area contributed by atoms with Crippen molar-refractivity contribution in [1.82, 2.24) is 24.9 Å². The highest BCUT2D eigenvalue weighted by molar-refractivity contribution is 9.10. The van der Waals surface area contributed by atoms with E-state index in [0.717, 1.165) is 59.0 Å². The number of nitrogens with one attached hydrogen (secondary N) is 2. The second-order valence-electron chi connectivity index (χ2n) is 7.63. The Morgan fingerprint density at radius 2 is 1.63 bits per heavy atom. The fourth-order valence-corrected chi connectivity index (χ4v) is 3.87. The smallest absolute Gasteiger partial charge is 0.170 e. The molecule has 0 amide bonds. The second kappa shape index (κ2) is 9.75. The molecule has 160 valence electrons. The SMILES string of the molecule is Cc1ccc(Cn2nc(C)c(NC(=S)NCCCn3nc(C)c(Br)c3C)c2C)cc1. The number of aromatic nitrogens is 4. The Kier molecular flexibility index (Phi) is 7.31. The molecule has 3 aromatic rings. The molecular formula is C22H29BrN6S. The number of rotatable bonds is 7. The lowest BCUT2D eigenvalue weighted by Gasteiger charge is -2.12. The number of halogens is 1. The fraction of sp³-hybridized carbons (Fsp3) is 0.409. The van der Waals surface area contributed by atoms with E-state index in [1.165, 1.54) is 11.1 Å². The standard InChI is InChI=1S/C22H29BrN6S/c1-14-7-9-19(10-8-14)13-29-18(5)21(16(3)27-29)25-22(30)24-11-6-12-28-17(4)20(23)15(2)26-28/h7-10H,6,11-13H2,1-5H3,(H2,24,25,30). The summed E-state index contributed by atoms with van der Waals surface area (Å²) >= 11 is 9.07. The maximum Gasteiger partial charge on any atom is 0.170 e. The molecule has 2 aromatic heterocycles. The van der Waals surface area contributed by atoms with Gasteiger partial charge in [0, 0.05) is 18.8 Å². The Labute approximate surface area is 192 Å². The summed E-state index contributed by atoms with van der Waals surface area (Å²) in [5.41, 5.74) is 7.65. The maximum absolute atomic E-state index is 5.50. The van der Waals surface area contributed by atoms with Gasteiger partial charge in [-0.2, -0.15) is 10.2 Å². The first-order valence-electron chi connectivity index (χ1n) is 10.1. The van der Waals surface area contributed by atoms with Gasteiger partial charge in [-0.05, 0) is 74.8 Å². The van der Waals surface area contributed by atoms with Crippen molar-refractivity contribution in [3.63, 3.8) is 0 Å². The van der Waals surface area contributed by atoms with Gasteiger partial charge in [0.05, 0.1) is 33.8 Å². The van der Waals surface area contributed by atoms with Crippen molar-refractivity contribution in [2.45, 2.75) is 54.1 Å². The molecule has 0 aliphatic carbocycles. The van der Waals surface area contributed by atoms with Crippen molar-refractivity contribution in [1.29, 1.82) is 0 Å². The van der Waals surface area contributed by atoms with Gasteiger partial charge >= 0.3 is 0 Å². The Balaban J connectivity index is 1.53. The van der Waals surface area contributed by atoms with Gasteiger partial charge in [-0.25, -0.2) is 0 Å². The summed E-state index contributed by atoms with van der Waals surface area (Å²) in [7, 11) is 0. The third-order valence-corrected chi connectivity index (χ3v) is 6.59. The van der Waals surface area contributed by atoms with Crippen molar-refractivity contribution in [2.24, 2.45) is 0 Å². The number of anilines is 1. The molecule has 0 unspecified atom stereocenters. The van der Waals surface area contributed by atoms with E-state index in [-0.39, 0.29) is 0 Å². The van der Waals surface area contributed by atoms with Crippen molar-refractivity contribution >= 4 is 38.9 Å². The number of aryl methyl sites for hydroxylation is 4. The van der Waals surface area contributed by atoms with Crippen molar-refractivity contribution in [2.75, 3.05) is 11.9 Å². The molecule has 3 rings (SSSR count). The lowest BCUT2D eigenvalue weighted by molar-refractivity contribution is 0.558. The summed E-state index contributed by atoms with van der Waals surface area (Å²) in [5.74, 6) is 0. The molecule has 0 aliphatic rings. The lowest BCUT2D eigenvalue weighted by atomic mass is 10.1. The lowest BCUT2D eigenvalue weighted by Crippen LogP contribution is -2.30. The molecular weight excluding hydrogens is 460 g/mol. The van der Waals surface area contributed by atoms with E-state index in [2.05, 4.69) is 81.8 Å². The summed E-state index contributed by atoms with van der Waals surface area (Å²) in [6, 6.07) is 8.55. The normalized spacial score (nSPS) is 11.0. The third-order valence-electron chi connectivity index (χ3n) is 5.20. The van der Waals surface area contributed by atoms with Crippen LogP contribution in [0.15, 0.2) is 28.7 Å². The predicted molar refractivity (Wildman–Crippen MR) is 130 cm³/mol. The Bertz CT molecular complexity index is 1040. The highest BCUT2D eigenvalue weighted by Gasteiger charge is 2.13. The van der Waals surface area contributed by atoms with E-state index in [4.69, 9.17) is 12.2 Å². The summed E-state index contributed by atoms with van der Waals surface area (Å²) in [6.45, 7) is 12.6. The number of benzene rings is 1. The van der Waals surface area contributed by atoms with Crippen LogP contribution in [0.4, 0.5) is 5.69 Å². The second-order valence-corrected chi connectivity index (χ2v) is 8.83. The van der Waals surface area contributed by atoms with Gasteiger partial charge < -0.3 is 10.6 Å². The monoisotopic (exact) mass is 488 g/mol. The summed E-state index contributed by atoms with van der Waals surface area (Å²) < 4.78 is 5.13. The summed E-state index contributed by atoms with van der Waals surface area (Å²) in [4.78, 5) is 0. The Morgan fingerprint density at radius 3 is 2.27 bits per heavy atom. The summed E-state index contributed by atoms with van der Waals surface area (Å²) in [6.07, 6.45) is 0.931. The minimum absolute atomic E-state index is 0.616. The van der Waals surface area contributed by atoms with Gasteiger partial charge in [-0.15, -0.1) is 0 Å². The van der Waals surface area contributed by atoms with Gasteiger partial charge in [-0.3, -0.25) is 9.36 Å². The first-order valence-corrected chi connectivity index (χ1v) is 11.3. The van der Waals surface area contributed by atoms with E-state index in [1.807, 2.05) is 23.2 Å². The van der Waals surface area contributed by atoms with Crippen LogP contribution in [0, 0.1) is 34.6 Å². The number of hydrogen-bond acceptors (Lipinski definition) is 3. The highest BCUT2D eigenvalue weighted by atomic mass is 79.9. The molecule has 0 fully saturated rings. The molecule has 1 aromatic carbocycles. The van der Waals surface area contributed by atoms with Crippen molar-refractivity contribution < 1.29 is 0 Å². The minimum atomic E-state index is 0.616. The quantitative estimate of drug-likeness (QED) is 0.369.